The van der Waals surface area contributed by atoms with Crippen molar-refractivity contribution in [2.24, 2.45) is 5.73 Å². The van der Waals surface area contributed by atoms with Crippen molar-refractivity contribution in [3.05, 3.63) is 42.2 Å². The lowest BCUT2D eigenvalue weighted by Crippen LogP contribution is -2.19. The minimum atomic E-state index is -0.492. The molecule has 0 fully saturated rings. The highest BCUT2D eigenvalue weighted by molar-refractivity contribution is 5.75. The lowest BCUT2D eigenvalue weighted by atomic mass is 10.1. The summed E-state index contributed by atoms with van der Waals surface area (Å²) < 4.78 is 5.34. The van der Waals surface area contributed by atoms with Crippen molar-refractivity contribution < 1.29 is 4.79 Å². The number of nitrogens with two attached hydrogens (primary N) is 1. The number of primary amides is 1. The van der Waals surface area contributed by atoms with Gasteiger partial charge in [-0.2, -0.15) is 9.20 Å². The molecule has 28 heavy (non-hydrogen) atoms. The topological polar surface area (TPSA) is 122 Å². The molecule has 1 amide bonds. The lowest BCUT2D eigenvalue weighted by molar-refractivity contribution is -0.117. The Kier molecular flexibility index (Phi) is 3.98. The van der Waals surface area contributed by atoms with Crippen molar-refractivity contribution in [2.45, 2.75) is 39.7 Å². The highest BCUT2D eigenvalue weighted by Gasteiger charge is 2.20. The van der Waals surface area contributed by atoms with E-state index < -0.39 is 5.91 Å². The molecule has 4 rings (SSSR count). The number of nitrogens with zero attached hydrogens (tertiary/aromatic N) is 8. The van der Waals surface area contributed by atoms with Gasteiger partial charge in [0.05, 0.1) is 6.42 Å². The first kappa shape index (κ1) is 17.8. The van der Waals surface area contributed by atoms with E-state index in [0.717, 1.165) is 5.56 Å². The van der Waals surface area contributed by atoms with Gasteiger partial charge in [0.2, 0.25) is 5.91 Å². The van der Waals surface area contributed by atoms with Crippen LogP contribution < -0.4 is 5.73 Å². The second kappa shape index (κ2) is 6.25. The van der Waals surface area contributed by atoms with Crippen LogP contribution in [0, 0.1) is 6.92 Å². The average Bonchev–Trinajstić information content (AvgIpc) is 3.32. The van der Waals surface area contributed by atoms with Crippen LogP contribution in [0.5, 0.6) is 0 Å². The Morgan fingerprint density at radius 1 is 1.14 bits per heavy atom. The first-order chi connectivity index (χ1) is 13.2. The predicted octanol–water partition coefficient (Wildman–Crippen LogP) is 1.26. The van der Waals surface area contributed by atoms with E-state index in [1.165, 1.54) is 0 Å². The SMILES string of the molecule is Cc1nnc2ccc(-n3nc(CC(N)=O)nc3-c3ccn(C(C)(C)C)c3)nn12. The maximum atomic E-state index is 11.4. The molecule has 0 bridgehead atoms. The third-order valence-corrected chi connectivity index (χ3v) is 4.33. The van der Waals surface area contributed by atoms with Gasteiger partial charge in [0, 0.05) is 23.5 Å². The zero-order chi connectivity index (χ0) is 20.1. The Balaban J connectivity index is 1.87. The molecule has 4 aromatic rings. The van der Waals surface area contributed by atoms with Crippen molar-refractivity contribution in [3.8, 4) is 17.2 Å². The Labute approximate surface area is 161 Å². The summed E-state index contributed by atoms with van der Waals surface area (Å²) in [7, 11) is 0. The van der Waals surface area contributed by atoms with E-state index >= 15 is 0 Å². The minimum absolute atomic E-state index is 0.0477. The summed E-state index contributed by atoms with van der Waals surface area (Å²) in [5.74, 6) is 1.63. The maximum Gasteiger partial charge on any atom is 0.225 e. The molecule has 0 saturated heterocycles. The van der Waals surface area contributed by atoms with Crippen LogP contribution in [-0.4, -0.2) is 45.1 Å². The molecule has 0 spiro atoms. The number of aryl methyl sites for hydroxylation is 1. The van der Waals surface area contributed by atoms with Crippen LogP contribution in [0.25, 0.3) is 22.9 Å². The molecular weight excluding hydrogens is 358 g/mol. The largest absolute Gasteiger partial charge is 0.369 e. The van der Waals surface area contributed by atoms with Crippen LogP contribution >= 0.6 is 0 Å². The van der Waals surface area contributed by atoms with Gasteiger partial charge in [-0.15, -0.1) is 20.4 Å². The quantitative estimate of drug-likeness (QED) is 0.570. The highest BCUT2D eigenvalue weighted by Crippen LogP contribution is 2.24. The van der Waals surface area contributed by atoms with Crippen molar-refractivity contribution in [3.63, 3.8) is 0 Å². The van der Waals surface area contributed by atoms with Gasteiger partial charge in [-0.05, 0) is 45.9 Å². The summed E-state index contributed by atoms with van der Waals surface area (Å²) in [6, 6.07) is 5.56. The second-order valence-corrected chi connectivity index (χ2v) is 7.59. The van der Waals surface area contributed by atoms with Gasteiger partial charge in [0.15, 0.2) is 28.9 Å². The fourth-order valence-corrected chi connectivity index (χ4v) is 2.88. The molecule has 10 heteroatoms. The van der Waals surface area contributed by atoms with Crippen LogP contribution in [0.1, 0.15) is 32.4 Å². The van der Waals surface area contributed by atoms with Gasteiger partial charge < -0.3 is 10.3 Å². The molecule has 0 aliphatic rings. The first-order valence-electron chi connectivity index (χ1n) is 8.85. The Hall–Kier alpha value is -3.56. The number of carbonyl (C=O) groups is 1. The van der Waals surface area contributed by atoms with Crippen LogP contribution in [0.15, 0.2) is 30.6 Å². The Morgan fingerprint density at radius 2 is 1.93 bits per heavy atom. The van der Waals surface area contributed by atoms with E-state index in [9.17, 15) is 4.79 Å². The summed E-state index contributed by atoms with van der Waals surface area (Å²) in [6.45, 7) is 8.17. The molecule has 0 radical (unpaired) electrons. The van der Waals surface area contributed by atoms with Crippen LogP contribution in [0.2, 0.25) is 0 Å². The van der Waals surface area contributed by atoms with E-state index in [1.807, 2.05) is 31.5 Å². The number of amides is 1. The van der Waals surface area contributed by atoms with Crippen LogP contribution in [0.4, 0.5) is 0 Å². The number of rotatable bonds is 4. The van der Waals surface area contributed by atoms with Crippen LogP contribution in [-0.2, 0) is 16.8 Å². The molecular formula is C18H21N9O. The van der Waals surface area contributed by atoms with Crippen LogP contribution in [0.3, 0.4) is 0 Å². The fourth-order valence-electron chi connectivity index (χ4n) is 2.88. The highest BCUT2D eigenvalue weighted by atomic mass is 16.1. The monoisotopic (exact) mass is 379 g/mol. The summed E-state index contributed by atoms with van der Waals surface area (Å²) in [5, 5.41) is 17.1. The third kappa shape index (κ3) is 3.13. The molecule has 2 N–H and O–H groups in total. The van der Waals surface area contributed by atoms with Gasteiger partial charge in [0.25, 0.3) is 0 Å². The van der Waals surface area contributed by atoms with E-state index in [4.69, 9.17) is 5.73 Å². The minimum Gasteiger partial charge on any atom is -0.369 e. The molecule has 0 unspecified atom stereocenters. The standard InChI is InChI=1S/C18H21N9O/c1-11-21-22-15-5-6-16(24-26(11)15)27-17(20-14(23-27)9-13(19)28)12-7-8-25(10-12)18(2,3)4/h5-8,10H,9H2,1-4H3,(H2,19,28). The zero-order valence-corrected chi connectivity index (χ0v) is 16.2. The number of hydrogen-bond donors (Lipinski definition) is 1. The van der Waals surface area contributed by atoms with Gasteiger partial charge in [0.1, 0.15) is 0 Å². The molecule has 4 heterocycles. The third-order valence-electron chi connectivity index (χ3n) is 4.33. The van der Waals surface area contributed by atoms with E-state index in [1.54, 1.807) is 15.3 Å². The number of hydrogen-bond acceptors (Lipinski definition) is 6. The van der Waals surface area contributed by atoms with Gasteiger partial charge >= 0.3 is 0 Å². The van der Waals surface area contributed by atoms with E-state index in [2.05, 4.69) is 50.7 Å². The molecule has 144 valence electrons. The summed E-state index contributed by atoms with van der Waals surface area (Å²) >= 11 is 0. The summed E-state index contributed by atoms with van der Waals surface area (Å²) in [5.41, 5.74) is 6.76. The molecule has 0 aliphatic heterocycles. The first-order valence-corrected chi connectivity index (χ1v) is 8.85. The van der Waals surface area contributed by atoms with Crippen molar-refractivity contribution in [2.75, 3.05) is 0 Å². The van der Waals surface area contributed by atoms with E-state index in [-0.39, 0.29) is 12.0 Å². The molecule has 10 nitrogen and oxygen atoms in total. The zero-order valence-electron chi connectivity index (χ0n) is 16.2. The molecule has 4 aromatic heterocycles. The average molecular weight is 379 g/mol. The number of fused-ring (bicyclic) bond motifs is 1. The predicted molar refractivity (Wildman–Crippen MR) is 102 cm³/mol. The van der Waals surface area contributed by atoms with Gasteiger partial charge in [-0.1, -0.05) is 0 Å². The Morgan fingerprint density at radius 3 is 2.61 bits per heavy atom. The maximum absolute atomic E-state index is 11.4. The van der Waals surface area contributed by atoms with Gasteiger partial charge in [-0.25, -0.2) is 4.98 Å². The molecule has 0 atom stereocenters. The molecule has 0 aliphatic carbocycles. The van der Waals surface area contributed by atoms with Crippen molar-refractivity contribution >= 4 is 11.6 Å². The van der Waals surface area contributed by atoms with Crippen molar-refractivity contribution in [1.82, 2.24) is 39.1 Å². The smallest absolute Gasteiger partial charge is 0.225 e. The summed E-state index contributed by atoms with van der Waals surface area (Å²) in [4.78, 5) is 15.9. The fraction of sp³-hybridized carbons (Fsp3) is 0.333. The number of aromatic nitrogens is 8. The lowest BCUT2D eigenvalue weighted by Gasteiger charge is -2.20. The Bertz CT molecular complexity index is 1180. The van der Waals surface area contributed by atoms with Crippen molar-refractivity contribution in [1.29, 1.82) is 0 Å². The molecule has 0 saturated carbocycles. The normalized spacial score (nSPS) is 12.0. The summed E-state index contributed by atoms with van der Waals surface area (Å²) in [6.07, 6.45) is 3.94. The second-order valence-electron chi connectivity index (χ2n) is 7.59. The number of carbonyl (C=O) groups excluding carboxylic acids is 1. The van der Waals surface area contributed by atoms with Gasteiger partial charge in [-0.3, -0.25) is 4.79 Å². The molecule has 0 aromatic carbocycles. The van der Waals surface area contributed by atoms with E-state index in [0.29, 0.717) is 28.9 Å².